The van der Waals surface area contributed by atoms with Gasteiger partial charge in [0.2, 0.25) is 5.91 Å². The molecule has 3 aromatic rings. The van der Waals surface area contributed by atoms with Crippen LogP contribution in [0, 0.1) is 0 Å². The number of amides is 1. The van der Waals surface area contributed by atoms with Crippen LogP contribution in [-0.4, -0.2) is 41.3 Å². The number of hydrogen-bond acceptors (Lipinski definition) is 8. The molecule has 0 aliphatic rings. The third kappa shape index (κ3) is 4.24. The number of para-hydroxylation sites is 1. The van der Waals surface area contributed by atoms with E-state index in [1.807, 2.05) is 6.07 Å². The topological polar surface area (TPSA) is 102 Å². The summed E-state index contributed by atoms with van der Waals surface area (Å²) in [6, 6.07) is 8.92. The van der Waals surface area contributed by atoms with E-state index >= 15 is 0 Å². The number of oxazole rings is 1. The molecule has 3 rings (SSSR count). The van der Waals surface area contributed by atoms with Crippen LogP contribution in [0.2, 0.25) is 0 Å². The molecule has 9 heteroatoms. The SMILES string of the molecule is COc1cccc2oc(SCC(=O)c3ccc(CNC(=O)CO)s3)nc12. The lowest BCUT2D eigenvalue weighted by molar-refractivity contribution is -0.123. The predicted molar refractivity (Wildman–Crippen MR) is 98.9 cm³/mol. The highest BCUT2D eigenvalue weighted by Gasteiger charge is 2.15. The Hall–Kier alpha value is -2.36. The Bertz CT molecular complexity index is 934. The van der Waals surface area contributed by atoms with Gasteiger partial charge in [0, 0.05) is 4.88 Å². The molecule has 26 heavy (non-hydrogen) atoms. The summed E-state index contributed by atoms with van der Waals surface area (Å²) in [5.41, 5.74) is 1.24. The van der Waals surface area contributed by atoms with Crippen LogP contribution in [0.5, 0.6) is 5.75 Å². The van der Waals surface area contributed by atoms with Crippen LogP contribution in [0.4, 0.5) is 0 Å². The number of ether oxygens (including phenoxy) is 1. The maximum Gasteiger partial charge on any atom is 0.257 e. The molecule has 0 atom stereocenters. The quantitative estimate of drug-likeness (QED) is 0.448. The number of nitrogens with zero attached hydrogens (tertiary/aromatic N) is 1. The molecule has 0 aliphatic carbocycles. The van der Waals surface area contributed by atoms with Crippen molar-refractivity contribution in [1.82, 2.24) is 10.3 Å². The number of benzene rings is 1. The number of methoxy groups -OCH3 is 1. The predicted octanol–water partition coefficient (Wildman–Crippen LogP) is 2.48. The Balaban J connectivity index is 1.60. The number of aliphatic hydroxyl groups is 1. The molecule has 0 saturated heterocycles. The van der Waals surface area contributed by atoms with Gasteiger partial charge in [-0.15, -0.1) is 11.3 Å². The van der Waals surface area contributed by atoms with E-state index in [-0.39, 0.29) is 18.1 Å². The van der Waals surface area contributed by atoms with E-state index in [0.29, 0.717) is 26.9 Å². The second-order valence-electron chi connectivity index (χ2n) is 5.20. The molecule has 1 amide bonds. The smallest absolute Gasteiger partial charge is 0.257 e. The normalized spacial score (nSPS) is 10.8. The number of fused-ring (bicyclic) bond motifs is 1. The summed E-state index contributed by atoms with van der Waals surface area (Å²) in [6.45, 7) is -0.265. The number of hydrogen-bond donors (Lipinski definition) is 2. The number of thiophene rings is 1. The number of Topliss-reactive ketones (excluding diaryl/α,β-unsaturated/α-hetero) is 1. The molecule has 0 fully saturated rings. The number of carbonyl (C=O) groups is 2. The minimum absolute atomic E-state index is 0.0473. The average Bonchev–Trinajstić information content (AvgIpc) is 3.30. The van der Waals surface area contributed by atoms with Crippen molar-refractivity contribution in [3.8, 4) is 5.75 Å². The van der Waals surface area contributed by atoms with Crippen molar-refractivity contribution in [3.05, 3.63) is 40.1 Å². The van der Waals surface area contributed by atoms with E-state index in [9.17, 15) is 9.59 Å². The van der Waals surface area contributed by atoms with Crippen molar-refractivity contribution in [3.63, 3.8) is 0 Å². The maximum absolute atomic E-state index is 12.3. The molecule has 0 unspecified atom stereocenters. The van der Waals surface area contributed by atoms with Crippen LogP contribution in [-0.2, 0) is 11.3 Å². The van der Waals surface area contributed by atoms with Crippen LogP contribution >= 0.6 is 23.1 Å². The van der Waals surface area contributed by atoms with Crippen LogP contribution < -0.4 is 10.1 Å². The number of aromatic nitrogens is 1. The Morgan fingerprint density at radius 1 is 1.35 bits per heavy atom. The van der Waals surface area contributed by atoms with Crippen molar-refractivity contribution >= 4 is 45.9 Å². The first-order valence-electron chi connectivity index (χ1n) is 7.66. The number of aliphatic hydroxyl groups excluding tert-OH is 1. The third-order valence-electron chi connectivity index (χ3n) is 3.45. The summed E-state index contributed by atoms with van der Waals surface area (Å²) in [5, 5.41) is 11.6. The van der Waals surface area contributed by atoms with Crippen molar-refractivity contribution in [2.45, 2.75) is 11.8 Å². The van der Waals surface area contributed by atoms with Crippen molar-refractivity contribution in [1.29, 1.82) is 0 Å². The monoisotopic (exact) mass is 392 g/mol. The van der Waals surface area contributed by atoms with Gasteiger partial charge in [-0.2, -0.15) is 4.98 Å². The van der Waals surface area contributed by atoms with Gasteiger partial charge in [0.25, 0.3) is 5.22 Å². The molecular weight excluding hydrogens is 376 g/mol. The maximum atomic E-state index is 12.3. The van der Waals surface area contributed by atoms with Crippen LogP contribution in [0.1, 0.15) is 14.5 Å². The summed E-state index contributed by atoms with van der Waals surface area (Å²) in [5.74, 6) is 0.317. The second kappa shape index (κ2) is 8.35. The zero-order chi connectivity index (χ0) is 18.5. The zero-order valence-electron chi connectivity index (χ0n) is 13.9. The van der Waals surface area contributed by atoms with Gasteiger partial charge >= 0.3 is 0 Å². The zero-order valence-corrected chi connectivity index (χ0v) is 15.5. The van der Waals surface area contributed by atoms with Gasteiger partial charge in [-0.05, 0) is 24.3 Å². The van der Waals surface area contributed by atoms with Crippen LogP contribution in [0.3, 0.4) is 0 Å². The minimum atomic E-state index is -0.552. The lowest BCUT2D eigenvalue weighted by atomic mass is 10.3. The lowest BCUT2D eigenvalue weighted by Gasteiger charge is -1.99. The number of ketones is 1. The van der Waals surface area contributed by atoms with Gasteiger partial charge in [0.05, 0.1) is 24.3 Å². The first-order chi connectivity index (χ1) is 12.6. The standard InChI is InChI=1S/C17H16N2O5S2/c1-23-12-3-2-4-13-16(12)19-17(24-13)25-9-11(21)14-6-5-10(26-14)7-18-15(22)8-20/h2-6,20H,7-9H2,1H3,(H,18,22). The van der Waals surface area contributed by atoms with Crippen LogP contribution in [0.15, 0.2) is 40.0 Å². The number of rotatable bonds is 8. The van der Waals surface area contributed by atoms with Gasteiger partial charge in [-0.3, -0.25) is 9.59 Å². The summed E-state index contributed by atoms with van der Waals surface area (Å²) in [6.07, 6.45) is 0. The summed E-state index contributed by atoms with van der Waals surface area (Å²) in [7, 11) is 1.57. The Morgan fingerprint density at radius 3 is 2.96 bits per heavy atom. The Kier molecular flexibility index (Phi) is 5.92. The Labute approximate surface area is 157 Å². The molecule has 0 radical (unpaired) electrons. The van der Waals surface area contributed by atoms with E-state index in [2.05, 4.69) is 10.3 Å². The highest BCUT2D eigenvalue weighted by atomic mass is 32.2. The fraction of sp³-hybridized carbons (Fsp3) is 0.235. The molecule has 2 N–H and O–H groups in total. The van der Waals surface area contributed by atoms with E-state index in [4.69, 9.17) is 14.3 Å². The van der Waals surface area contributed by atoms with Gasteiger partial charge in [-0.1, -0.05) is 17.8 Å². The largest absolute Gasteiger partial charge is 0.494 e. The van der Waals surface area contributed by atoms with Crippen LogP contribution in [0.25, 0.3) is 11.1 Å². The first-order valence-corrected chi connectivity index (χ1v) is 9.46. The number of thioether (sulfide) groups is 1. The number of nitrogens with one attached hydrogen (secondary N) is 1. The second-order valence-corrected chi connectivity index (χ2v) is 7.29. The highest BCUT2D eigenvalue weighted by molar-refractivity contribution is 7.99. The van der Waals surface area contributed by atoms with Gasteiger partial charge in [0.1, 0.15) is 12.4 Å². The van der Waals surface area contributed by atoms with Gasteiger partial charge < -0.3 is 19.6 Å². The van der Waals surface area contributed by atoms with E-state index in [1.165, 1.54) is 23.1 Å². The molecule has 0 spiro atoms. The molecule has 2 aromatic heterocycles. The Morgan fingerprint density at radius 2 is 2.19 bits per heavy atom. The van der Waals surface area contributed by atoms with Crippen molar-refractivity contribution in [2.75, 3.05) is 19.5 Å². The molecule has 1 aromatic carbocycles. The fourth-order valence-electron chi connectivity index (χ4n) is 2.19. The average molecular weight is 392 g/mol. The van der Waals surface area contributed by atoms with Gasteiger partial charge in [0.15, 0.2) is 16.9 Å². The van der Waals surface area contributed by atoms with Crippen molar-refractivity contribution < 1.29 is 23.8 Å². The minimum Gasteiger partial charge on any atom is -0.494 e. The molecule has 2 heterocycles. The summed E-state index contributed by atoms with van der Waals surface area (Å²) < 4.78 is 10.9. The molecular formula is C17H16N2O5S2. The van der Waals surface area contributed by atoms with E-state index in [1.54, 1.807) is 31.4 Å². The lowest BCUT2D eigenvalue weighted by Crippen LogP contribution is -2.25. The van der Waals surface area contributed by atoms with E-state index in [0.717, 1.165) is 4.88 Å². The third-order valence-corrected chi connectivity index (χ3v) is 5.40. The summed E-state index contributed by atoms with van der Waals surface area (Å²) in [4.78, 5) is 29.2. The molecule has 136 valence electrons. The highest BCUT2D eigenvalue weighted by Crippen LogP contribution is 2.30. The molecule has 0 saturated carbocycles. The van der Waals surface area contributed by atoms with Gasteiger partial charge in [-0.25, -0.2) is 0 Å². The molecule has 0 aliphatic heterocycles. The van der Waals surface area contributed by atoms with Crippen molar-refractivity contribution in [2.24, 2.45) is 0 Å². The fourth-order valence-corrected chi connectivity index (χ4v) is 3.88. The molecule has 7 nitrogen and oxygen atoms in total. The number of carbonyl (C=O) groups excluding carboxylic acids is 2. The summed E-state index contributed by atoms with van der Waals surface area (Å²) >= 11 is 2.53. The first kappa shape index (κ1) is 18.4. The molecule has 0 bridgehead atoms. The van der Waals surface area contributed by atoms with E-state index < -0.39 is 12.5 Å².